The first-order chi connectivity index (χ1) is 19.4. The molecule has 0 aliphatic carbocycles. The average Bonchev–Trinajstić information content (AvgIpc) is 2.88. The number of esters is 1. The fraction of sp³-hybridized carbons (Fsp3) is 0.667. The van der Waals surface area contributed by atoms with Crippen LogP contribution in [0.15, 0.2) is 18.2 Å². The van der Waals surface area contributed by atoms with Crippen molar-refractivity contribution in [2.24, 2.45) is 5.73 Å². The Labute approximate surface area is 248 Å². The fourth-order valence-corrected chi connectivity index (χ4v) is 3.43. The number of ether oxygens (including phenoxy) is 7. The molecular formula is C30H47NO11. The highest BCUT2D eigenvalue weighted by molar-refractivity contribution is 5.81. The molecule has 0 aliphatic heterocycles. The van der Waals surface area contributed by atoms with Crippen LogP contribution in [-0.4, -0.2) is 60.5 Å². The third kappa shape index (κ3) is 12.1. The van der Waals surface area contributed by atoms with Crippen molar-refractivity contribution in [2.75, 3.05) is 7.11 Å². The van der Waals surface area contributed by atoms with Crippen LogP contribution in [0.4, 0.5) is 14.4 Å². The number of methoxy groups -OCH3 is 1. The molecule has 12 heteroatoms. The number of hydrogen-bond acceptors (Lipinski definition) is 12. The molecule has 1 rings (SSSR count). The van der Waals surface area contributed by atoms with Gasteiger partial charge in [0.25, 0.3) is 0 Å². The summed E-state index contributed by atoms with van der Waals surface area (Å²) in [5, 5.41) is 0. The Morgan fingerprint density at radius 3 is 1.76 bits per heavy atom. The smallest absolute Gasteiger partial charge is 0.468 e. The molecule has 0 radical (unpaired) electrons. The Morgan fingerprint density at radius 1 is 0.786 bits per heavy atom. The highest BCUT2D eigenvalue weighted by Crippen LogP contribution is 2.33. The van der Waals surface area contributed by atoms with E-state index in [0.717, 1.165) is 0 Å². The molecule has 0 spiro atoms. The summed E-state index contributed by atoms with van der Waals surface area (Å²) >= 11 is 0. The second-order valence-corrected chi connectivity index (χ2v) is 11.5. The number of nitrogens with two attached hydrogens (primary N) is 1. The van der Waals surface area contributed by atoms with Crippen LogP contribution < -0.4 is 15.2 Å². The maximum Gasteiger partial charge on any atom is 0.514 e. The fourth-order valence-electron chi connectivity index (χ4n) is 3.43. The van der Waals surface area contributed by atoms with Crippen LogP contribution >= 0.6 is 0 Å². The molecule has 0 amide bonds. The van der Waals surface area contributed by atoms with Gasteiger partial charge >= 0.3 is 24.4 Å². The lowest BCUT2D eigenvalue weighted by Gasteiger charge is -2.29. The molecule has 0 saturated carbocycles. The zero-order valence-corrected chi connectivity index (χ0v) is 26.5. The molecule has 0 aromatic heterocycles. The number of carbonyl (C=O) groups excluding carboxylic acids is 4. The van der Waals surface area contributed by atoms with Crippen LogP contribution in [-0.2, 0) is 34.9 Å². The van der Waals surface area contributed by atoms with E-state index in [1.807, 2.05) is 20.8 Å². The van der Waals surface area contributed by atoms with Crippen LogP contribution in [0.25, 0.3) is 0 Å². The number of hydrogen-bond donors (Lipinski definition) is 1. The molecule has 1 aromatic rings. The first-order valence-corrected chi connectivity index (χ1v) is 14.1. The van der Waals surface area contributed by atoms with Crippen LogP contribution in [0.5, 0.6) is 11.5 Å². The van der Waals surface area contributed by atoms with Gasteiger partial charge in [0.15, 0.2) is 11.5 Å². The van der Waals surface area contributed by atoms with Gasteiger partial charge in [-0.15, -0.1) is 0 Å². The highest BCUT2D eigenvalue weighted by atomic mass is 16.8. The standard InChI is InChI=1S/C30H47NO11/c1-11-19(4)37-25(33)38-20(5)17-30(31,24(32)36-10)18-21-14-15-22(39-26(34)41-28(6,7)12-2)23(16-21)40-27(35)42-29(8,9)13-3/h14-16,19-20H,11-13,17-18,31H2,1-10H3/t19-,20-,30?/m0/s1. The summed E-state index contributed by atoms with van der Waals surface area (Å²) in [6, 6.07) is 4.31. The molecule has 0 bridgehead atoms. The molecule has 0 saturated heterocycles. The van der Waals surface area contributed by atoms with E-state index in [4.69, 9.17) is 38.9 Å². The average molecular weight is 598 g/mol. The van der Waals surface area contributed by atoms with E-state index in [1.54, 1.807) is 41.5 Å². The molecule has 3 atom stereocenters. The van der Waals surface area contributed by atoms with Gasteiger partial charge in [-0.05, 0) is 78.5 Å². The predicted octanol–water partition coefficient (Wildman–Crippen LogP) is 6.24. The predicted molar refractivity (Wildman–Crippen MR) is 153 cm³/mol. The Kier molecular flexibility index (Phi) is 13.6. The molecular weight excluding hydrogens is 550 g/mol. The van der Waals surface area contributed by atoms with Crippen molar-refractivity contribution in [3.05, 3.63) is 23.8 Å². The van der Waals surface area contributed by atoms with Gasteiger partial charge in [0.2, 0.25) is 0 Å². The van der Waals surface area contributed by atoms with Crippen molar-refractivity contribution in [1.82, 2.24) is 0 Å². The van der Waals surface area contributed by atoms with Crippen LogP contribution in [0.3, 0.4) is 0 Å². The highest BCUT2D eigenvalue weighted by Gasteiger charge is 2.39. The van der Waals surface area contributed by atoms with E-state index >= 15 is 0 Å². The van der Waals surface area contributed by atoms with Gasteiger partial charge in [-0.1, -0.05) is 26.8 Å². The molecule has 0 aliphatic rings. The first kappa shape index (κ1) is 36.5. The Balaban J connectivity index is 3.32. The Morgan fingerprint density at radius 2 is 1.29 bits per heavy atom. The lowest BCUT2D eigenvalue weighted by atomic mass is 9.86. The Bertz CT molecular complexity index is 1090. The van der Waals surface area contributed by atoms with E-state index in [9.17, 15) is 19.2 Å². The number of rotatable bonds is 14. The van der Waals surface area contributed by atoms with E-state index in [0.29, 0.717) is 24.8 Å². The van der Waals surface area contributed by atoms with E-state index < -0.39 is 47.3 Å². The molecule has 12 nitrogen and oxygen atoms in total. The van der Waals surface area contributed by atoms with Crippen molar-refractivity contribution in [1.29, 1.82) is 0 Å². The molecule has 2 N–H and O–H groups in total. The summed E-state index contributed by atoms with van der Waals surface area (Å²) in [7, 11) is 1.19. The van der Waals surface area contributed by atoms with Crippen molar-refractivity contribution in [3.63, 3.8) is 0 Å². The molecule has 238 valence electrons. The van der Waals surface area contributed by atoms with Crippen LogP contribution in [0.2, 0.25) is 0 Å². The maximum atomic E-state index is 12.8. The second-order valence-electron chi connectivity index (χ2n) is 11.5. The van der Waals surface area contributed by atoms with Gasteiger partial charge in [-0.25, -0.2) is 14.4 Å². The molecule has 0 heterocycles. The zero-order chi connectivity index (χ0) is 32.3. The first-order valence-electron chi connectivity index (χ1n) is 14.1. The summed E-state index contributed by atoms with van der Waals surface area (Å²) in [5.74, 6) is -1.04. The summed E-state index contributed by atoms with van der Waals surface area (Å²) < 4.78 is 36.9. The molecule has 1 aromatic carbocycles. The van der Waals surface area contributed by atoms with Gasteiger partial charge < -0.3 is 38.9 Å². The zero-order valence-electron chi connectivity index (χ0n) is 26.5. The molecule has 0 fully saturated rings. The number of benzene rings is 1. The normalized spacial score (nSPS) is 14.5. The van der Waals surface area contributed by atoms with Crippen LogP contribution in [0.1, 0.15) is 93.6 Å². The number of carbonyl (C=O) groups is 4. The minimum atomic E-state index is -1.65. The SMILES string of the molecule is CC[C@H](C)OC(=O)O[C@@H](C)CC(N)(Cc1ccc(OC(=O)OC(C)(C)CC)c(OC(=O)OC(C)(C)CC)c1)C(=O)OC. The third-order valence-electron chi connectivity index (χ3n) is 6.75. The third-order valence-corrected chi connectivity index (χ3v) is 6.75. The summed E-state index contributed by atoms with van der Waals surface area (Å²) in [4.78, 5) is 50.0. The van der Waals surface area contributed by atoms with Gasteiger partial charge in [0, 0.05) is 12.8 Å². The van der Waals surface area contributed by atoms with Gasteiger partial charge in [0.05, 0.1) is 7.11 Å². The van der Waals surface area contributed by atoms with Gasteiger partial charge in [-0.2, -0.15) is 0 Å². The summed E-state index contributed by atoms with van der Waals surface area (Å²) in [6.07, 6.45) is -2.64. The molecule has 42 heavy (non-hydrogen) atoms. The minimum Gasteiger partial charge on any atom is -0.468 e. The van der Waals surface area contributed by atoms with Crippen molar-refractivity contribution < 1.29 is 52.3 Å². The lowest BCUT2D eigenvalue weighted by Crippen LogP contribution is -2.53. The van der Waals surface area contributed by atoms with E-state index in [1.165, 1.54) is 25.3 Å². The molecule has 1 unspecified atom stereocenters. The van der Waals surface area contributed by atoms with Crippen molar-refractivity contribution >= 4 is 24.4 Å². The summed E-state index contributed by atoms with van der Waals surface area (Å²) in [6.45, 7) is 15.7. The lowest BCUT2D eigenvalue weighted by molar-refractivity contribution is -0.148. The summed E-state index contributed by atoms with van der Waals surface area (Å²) in [5.41, 5.74) is 3.66. The monoisotopic (exact) mass is 597 g/mol. The Hall–Kier alpha value is -3.54. The van der Waals surface area contributed by atoms with Gasteiger partial charge in [-0.3, -0.25) is 4.79 Å². The van der Waals surface area contributed by atoms with E-state index in [-0.39, 0.29) is 30.4 Å². The van der Waals surface area contributed by atoms with Crippen molar-refractivity contribution in [3.8, 4) is 11.5 Å². The maximum absolute atomic E-state index is 12.8. The topological polar surface area (TPSA) is 159 Å². The van der Waals surface area contributed by atoms with Crippen LogP contribution in [0, 0.1) is 0 Å². The largest absolute Gasteiger partial charge is 0.514 e. The van der Waals surface area contributed by atoms with E-state index in [2.05, 4.69) is 0 Å². The van der Waals surface area contributed by atoms with Gasteiger partial charge in [0.1, 0.15) is 28.9 Å². The quantitative estimate of drug-likeness (QED) is 0.146. The minimum absolute atomic E-state index is 0.116. The van der Waals surface area contributed by atoms with Crippen molar-refractivity contribution in [2.45, 2.75) is 123 Å². The second kappa shape index (κ2) is 15.6.